The third-order valence-corrected chi connectivity index (χ3v) is 13.2. The van der Waals surface area contributed by atoms with Crippen LogP contribution in [-0.4, -0.2) is 96.7 Å². The van der Waals surface area contributed by atoms with E-state index in [1.165, 1.54) is 19.0 Å². The van der Waals surface area contributed by atoms with E-state index >= 15 is 0 Å². The van der Waals surface area contributed by atoms with Gasteiger partial charge < -0.3 is 48.9 Å². The predicted octanol–water partition coefficient (Wildman–Crippen LogP) is -0.172. The Balaban J connectivity index is 1.09. The molecule has 250 valence electrons. The quantitative estimate of drug-likeness (QED) is 0.147. The number of aromatic nitrogens is 8. The summed E-state index contributed by atoms with van der Waals surface area (Å²) < 4.78 is 40.1. The SMILES string of the molecule is Cc1nc2c(ncn2[C@H]2[C@@H]3OP(=O)(O)OC[C@]45C[C@@H]4[C@@H](n4cnc6c(N)ncnc64)[C@H](O)[C@@H]5OP(O)(=S)OC[C@@]4(C[C@H]24)[C@H]3O)c(=O)[nH]1. The molecule has 4 aliphatic carbocycles. The molecule has 5 aliphatic rings. The summed E-state index contributed by atoms with van der Waals surface area (Å²) in [6.07, 6.45) is -0.316. The van der Waals surface area contributed by atoms with E-state index in [0.717, 1.165) is 0 Å². The van der Waals surface area contributed by atoms with Crippen molar-refractivity contribution in [2.75, 3.05) is 18.9 Å². The van der Waals surface area contributed by atoms with Gasteiger partial charge in [-0.15, -0.1) is 0 Å². The minimum atomic E-state index is -4.90. The fraction of sp³-hybridized carbons (Fsp3) is 0.600. The zero-order valence-electron chi connectivity index (χ0n) is 24.4. The largest absolute Gasteiger partial charge is 0.472 e. The molecule has 9 rings (SSSR count). The Morgan fingerprint density at radius 1 is 0.979 bits per heavy atom. The third kappa shape index (κ3) is 4.27. The van der Waals surface area contributed by atoms with Gasteiger partial charge in [-0.1, -0.05) is 0 Å². The van der Waals surface area contributed by atoms with E-state index in [1.54, 1.807) is 16.1 Å². The number of hydrogen-bond donors (Lipinski definition) is 6. The van der Waals surface area contributed by atoms with Crippen LogP contribution in [0.2, 0.25) is 0 Å². The molecule has 2 bridgehead atoms. The van der Waals surface area contributed by atoms with E-state index in [0.29, 0.717) is 29.8 Å². The number of nitrogen functional groups attached to an aromatic ring is 1. The second-order valence-corrected chi connectivity index (χ2v) is 17.3. The van der Waals surface area contributed by atoms with Crippen molar-refractivity contribution in [1.82, 2.24) is 39.0 Å². The van der Waals surface area contributed by atoms with Crippen molar-refractivity contribution in [2.24, 2.45) is 22.7 Å². The van der Waals surface area contributed by atoms with Crippen molar-refractivity contribution in [2.45, 2.75) is 56.3 Å². The average Bonchev–Trinajstić information content (AvgIpc) is 3.71. The monoisotopic (exact) mass is 709 g/mol. The van der Waals surface area contributed by atoms with E-state index in [1.807, 2.05) is 0 Å². The molecule has 1 aliphatic heterocycles. The van der Waals surface area contributed by atoms with Gasteiger partial charge in [-0.25, -0.2) is 29.5 Å². The number of rotatable bonds is 2. The molecule has 4 aromatic rings. The van der Waals surface area contributed by atoms with Gasteiger partial charge >= 0.3 is 14.5 Å². The van der Waals surface area contributed by atoms with Crippen LogP contribution >= 0.6 is 14.5 Å². The van der Waals surface area contributed by atoms with Crippen molar-refractivity contribution in [1.29, 1.82) is 0 Å². The highest BCUT2D eigenvalue weighted by atomic mass is 32.5. The van der Waals surface area contributed by atoms with Gasteiger partial charge in [0.05, 0.1) is 44.1 Å². The first-order valence-electron chi connectivity index (χ1n) is 14.8. The molecule has 7 N–H and O–H groups in total. The van der Waals surface area contributed by atoms with E-state index in [4.69, 9.17) is 35.6 Å². The Labute approximate surface area is 269 Å². The molecule has 19 nitrogen and oxygen atoms in total. The number of nitrogens with one attached hydrogen (secondary N) is 1. The predicted molar refractivity (Wildman–Crippen MR) is 162 cm³/mol. The molecule has 1 saturated heterocycles. The molecule has 0 amide bonds. The molecule has 22 heteroatoms. The summed E-state index contributed by atoms with van der Waals surface area (Å²) in [4.78, 5) is 58.7. The van der Waals surface area contributed by atoms with Gasteiger partial charge in [0.15, 0.2) is 22.6 Å². The molecule has 47 heavy (non-hydrogen) atoms. The maximum Gasteiger partial charge on any atom is 0.472 e. The van der Waals surface area contributed by atoms with Gasteiger partial charge in [0.1, 0.15) is 36.0 Å². The summed E-state index contributed by atoms with van der Waals surface area (Å²) in [7, 11) is -4.90. The Bertz CT molecular complexity index is 2150. The van der Waals surface area contributed by atoms with Crippen LogP contribution in [0.25, 0.3) is 22.3 Å². The van der Waals surface area contributed by atoms with Crippen molar-refractivity contribution >= 4 is 54.5 Å². The topological polar surface area (TPSA) is 268 Å². The molecule has 0 aromatic carbocycles. The number of fused-ring (bicyclic) bond motifs is 3. The lowest BCUT2D eigenvalue weighted by Crippen LogP contribution is -2.38. The van der Waals surface area contributed by atoms with Crippen LogP contribution in [0.5, 0.6) is 0 Å². The molecular weight excluding hydrogens is 680 g/mol. The number of nitrogens with two attached hydrogens (primary N) is 1. The first-order valence-corrected chi connectivity index (χ1v) is 18.9. The number of aryl methyl sites for hydroxylation is 1. The van der Waals surface area contributed by atoms with Gasteiger partial charge in [-0.05, 0) is 43.4 Å². The summed E-state index contributed by atoms with van der Waals surface area (Å²) in [6.45, 7) is -3.18. The van der Waals surface area contributed by atoms with Crippen LogP contribution in [0.15, 0.2) is 23.8 Å². The highest BCUT2D eigenvalue weighted by molar-refractivity contribution is 8.07. The molecule has 12 atom stereocenters. The summed E-state index contributed by atoms with van der Waals surface area (Å²) in [5.41, 5.74) is 4.33. The lowest BCUT2D eigenvalue weighted by molar-refractivity contribution is -0.0321. The number of aliphatic hydroxyl groups is 2. The average molecular weight is 710 g/mol. The van der Waals surface area contributed by atoms with Gasteiger partial charge in [-0.3, -0.25) is 13.8 Å². The number of aliphatic hydroxyl groups excluding tert-OH is 2. The Morgan fingerprint density at radius 2 is 1.66 bits per heavy atom. The van der Waals surface area contributed by atoms with Crippen molar-refractivity contribution in [3.05, 3.63) is 35.2 Å². The van der Waals surface area contributed by atoms with E-state index < -0.39 is 80.0 Å². The Hall–Kier alpha value is -2.74. The van der Waals surface area contributed by atoms with E-state index in [9.17, 15) is 29.4 Å². The van der Waals surface area contributed by atoms with Gasteiger partial charge in [0.2, 0.25) is 0 Å². The van der Waals surface area contributed by atoms with Gasteiger partial charge in [-0.2, -0.15) is 0 Å². The van der Waals surface area contributed by atoms with Crippen LogP contribution in [0.4, 0.5) is 5.82 Å². The van der Waals surface area contributed by atoms with Crippen molar-refractivity contribution < 1.29 is 42.7 Å². The summed E-state index contributed by atoms with van der Waals surface area (Å²) in [5.74, 6) is -0.321. The zero-order valence-corrected chi connectivity index (χ0v) is 27.0. The summed E-state index contributed by atoms with van der Waals surface area (Å²) in [5, 5.41) is 23.2. The molecule has 5 fully saturated rings. The number of phosphoric acid groups is 1. The van der Waals surface area contributed by atoms with Crippen LogP contribution < -0.4 is 11.3 Å². The normalized spacial score (nSPS) is 44.3. The summed E-state index contributed by atoms with van der Waals surface area (Å²) in [6, 6.07) is -1.51. The third-order valence-electron chi connectivity index (χ3n) is 10.7. The van der Waals surface area contributed by atoms with Crippen molar-refractivity contribution in [3.8, 4) is 0 Å². The Morgan fingerprint density at radius 3 is 2.45 bits per heavy atom. The van der Waals surface area contributed by atoms with E-state index in [-0.39, 0.29) is 29.5 Å². The lowest BCUT2D eigenvalue weighted by Gasteiger charge is -2.31. The standard InChI is InChI=1S/C25H29N9O10P2S/c1-9-31-22-13(23(37)32-9)30-8-34(22)15-11-2-24(11)4-42-46(40,47)44-19-16(35)14(33-7-29-12-20(26)27-6-28-21(12)33)10-3-25(10,19)5-41-45(38,39)43-17(15)18(24)36/h6-8,10-11,14-19,35-36H,2-5H2,1H3,(H,38,39)(H,40,47)(H2,26,27,28)(H,31,32,37)/t10-,11-,14-,15-,16+,17+,18+,19+,24-,25-,46?/m1/s1. The van der Waals surface area contributed by atoms with Crippen LogP contribution in [-0.2, 0) is 34.5 Å². The van der Waals surface area contributed by atoms with Gasteiger partial charge in [0.25, 0.3) is 5.56 Å². The molecular formula is C25H29N9O10P2S. The van der Waals surface area contributed by atoms with Crippen molar-refractivity contribution in [3.63, 3.8) is 0 Å². The highest BCUT2D eigenvalue weighted by Crippen LogP contribution is 2.74. The van der Waals surface area contributed by atoms with E-state index in [2.05, 4.69) is 29.9 Å². The molecule has 4 saturated carbocycles. The maximum atomic E-state index is 13.6. The maximum absolute atomic E-state index is 13.6. The fourth-order valence-corrected chi connectivity index (χ4v) is 10.9. The molecule has 2 unspecified atom stereocenters. The second kappa shape index (κ2) is 9.70. The fourth-order valence-electron chi connectivity index (χ4n) is 8.39. The number of anilines is 1. The first kappa shape index (κ1) is 30.3. The van der Waals surface area contributed by atoms with Gasteiger partial charge in [0, 0.05) is 10.8 Å². The summed E-state index contributed by atoms with van der Waals surface area (Å²) >= 11 is 5.44. The lowest BCUT2D eigenvalue weighted by atomic mass is 10.0. The zero-order chi connectivity index (χ0) is 32.8. The second-order valence-electron chi connectivity index (χ2n) is 13.1. The molecule has 4 aromatic heterocycles. The number of hydrogen-bond acceptors (Lipinski definition) is 15. The number of phosphoric ester groups is 1. The smallest absolute Gasteiger partial charge is 0.390 e. The molecule has 5 heterocycles. The molecule has 2 spiro atoms. The Kier molecular flexibility index (Phi) is 6.26. The van der Waals surface area contributed by atoms with Crippen LogP contribution in [0.1, 0.15) is 30.7 Å². The number of nitrogens with zero attached hydrogens (tertiary/aromatic N) is 7. The minimum Gasteiger partial charge on any atom is -0.390 e. The molecule has 0 radical (unpaired) electrons. The van der Waals surface area contributed by atoms with Crippen LogP contribution in [0.3, 0.4) is 0 Å². The number of imidazole rings is 2. The van der Waals surface area contributed by atoms with Crippen LogP contribution in [0, 0.1) is 29.6 Å². The number of aromatic amines is 1. The highest BCUT2D eigenvalue weighted by Gasteiger charge is 2.76. The minimum absolute atomic E-state index is 0.0504. The first-order chi connectivity index (χ1) is 22.3. The number of H-pyrrole nitrogens is 1.